The molecule has 2 aromatic rings. The third-order valence-electron chi connectivity index (χ3n) is 5.34. The van der Waals surface area contributed by atoms with E-state index in [0.717, 1.165) is 37.2 Å². The molecule has 1 aromatic carbocycles. The van der Waals surface area contributed by atoms with Crippen LogP contribution in [-0.4, -0.2) is 40.6 Å². The summed E-state index contributed by atoms with van der Waals surface area (Å²) in [6, 6.07) is 7.74. The van der Waals surface area contributed by atoms with E-state index in [-0.39, 0.29) is 5.91 Å². The molecule has 4 rings (SSSR count). The molecule has 25 heavy (non-hydrogen) atoms. The van der Waals surface area contributed by atoms with Crippen molar-refractivity contribution in [3.8, 4) is 5.75 Å². The Bertz CT molecular complexity index is 762. The van der Waals surface area contributed by atoms with Crippen molar-refractivity contribution in [2.45, 2.75) is 44.6 Å². The Balaban J connectivity index is 1.52. The number of carbonyl (C=O) groups is 1. The van der Waals surface area contributed by atoms with E-state index in [4.69, 9.17) is 4.74 Å². The number of amides is 1. The molecule has 1 aliphatic carbocycles. The lowest BCUT2D eigenvalue weighted by molar-refractivity contribution is 0.0676. The molecule has 0 bridgehead atoms. The summed E-state index contributed by atoms with van der Waals surface area (Å²) in [6.45, 7) is 3.72. The normalized spacial score (nSPS) is 20.6. The predicted molar refractivity (Wildman–Crippen MR) is 96.1 cm³/mol. The van der Waals surface area contributed by atoms with Gasteiger partial charge in [-0.15, -0.1) is 0 Å². The molecule has 0 N–H and O–H groups in total. The van der Waals surface area contributed by atoms with Crippen molar-refractivity contribution < 1.29 is 9.53 Å². The molecule has 1 saturated heterocycles. The van der Waals surface area contributed by atoms with Gasteiger partial charge < -0.3 is 14.2 Å². The highest BCUT2D eigenvalue weighted by molar-refractivity contribution is 5.94. The first-order chi connectivity index (χ1) is 12.2. The molecular weight excluding hydrogens is 314 g/mol. The molecule has 132 valence electrons. The van der Waals surface area contributed by atoms with Gasteiger partial charge in [-0.3, -0.25) is 4.79 Å². The van der Waals surface area contributed by atoms with Crippen molar-refractivity contribution in [3.05, 3.63) is 47.5 Å². The number of piperidine rings is 1. The van der Waals surface area contributed by atoms with Gasteiger partial charge in [0.15, 0.2) is 0 Å². The fourth-order valence-electron chi connectivity index (χ4n) is 3.85. The number of ether oxygens (including phenoxy) is 1. The number of aryl methyl sites for hydroxylation is 1. The van der Waals surface area contributed by atoms with Crippen molar-refractivity contribution >= 4 is 5.91 Å². The lowest BCUT2D eigenvalue weighted by atomic mass is 10.0. The zero-order valence-electron chi connectivity index (χ0n) is 14.9. The second kappa shape index (κ2) is 6.54. The Hall–Kier alpha value is -2.30. The molecule has 2 fully saturated rings. The monoisotopic (exact) mass is 339 g/mol. The molecule has 1 amide bonds. The van der Waals surface area contributed by atoms with Crippen LogP contribution in [0.4, 0.5) is 0 Å². The number of hydrogen-bond acceptors (Lipinski definition) is 3. The van der Waals surface area contributed by atoms with E-state index in [2.05, 4.69) is 16.5 Å². The van der Waals surface area contributed by atoms with Gasteiger partial charge in [-0.2, -0.15) is 0 Å². The average molecular weight is 339 g/mol. The summed E-state index contributed by atoms with van der Waals surface area (Å²) in [7, 11) is 1.64. The van der Waals surface area contributed by atoms with Gasteiger partial charge >= 0.3 is 0 Å². The number of carbonyl (C=O) groups excluding carboxylic acids is 1. The Kier molecular flexibility index (Phi) is 4.24. The lowest BCUT2D eigenvalue weighted by Gasteiger charge is -2.35. The van der Waals surface area contributed by atoms with Crippen molar-refractivity contribution in [1.82, 2.24) is 14.5 Å². The topological polar surface area (TPSA) is 47.4 Å². The van der Waals surface area contributed by atoms with E-state index in [9.17, 15) is 4.79 Å². The molecule has 5 heteroatoms. The van der Waals surface area contributed by atoms with Crippen LogP contribution in [0.15, 0.2) is 30.5 Å². The maximum absolute atomic E-state index is 12.9. The van der Waals surface area contributed by atoms with Crippen LogP contribution in [0.1, 0.15) is 59.5 Å². The van der Waals surface area contributed by atoms with E-state index in [1.807, 2.05) is 35.4 Å². The second-order valence-electron chi connectivity index (χ2n) is 7.18. The van der Waals surface area contributed by atoms with E-state index >= 15 is 0 Å². The summed E-state index contributed by atoms with van der Waals surface area (Å²) < 4.78 is 7.57. The smallest absolute Gasteiger partial charge is 0.253 e. The van der Waals surface area contributed by atoms with Crippen molar-refractivity contribution in [3.63, 3.8) is 0 Å². The molecule has 1 aromatic heterocycles. The number of rotatable bonds is 4. The molecule has 0 spiro atoms. The summed E-state index contributed by atoms with van der Waals surface area (Å²) >= 11 is 0. The summed E-state index contributed by atoms with van der Waals surface area (Å²) in [4.78, 5) is 19.5. The quantitative estimate of drug-likeness (QED) is 0.856. The summed E-state index contributed by atoms with van der Waals surface area (Å²) in [5.74, 6) is 2.73. The third-order valence-corrected chi connectivity index (χ3v) is 5.34. The van der Waals surface area contributed by atoms with Crippen molar-refractivity contribution in [2.24, 2.45) is 0 Å². The van der Waals surface area contributed by atoms with Crippen molar-refractivity contribution in [2.75, 3.05) is 20.2 Å². The number of imidazole rings is 1. The van der Waals surface area contributed by atoms with Gasteiger partial charge in [-0.25, -0.2) is 4.98 Å². The molecular formula is C20H25N3O2. The third kappa shape index (κ3) is 3.15. The van der Waals surface area contributed by atoms with Gasteiger partial charge in [-0.05, 0) is 56.9 Å². The highest BCUT2D eigenvalue weighted by Gasteiger charge is 2.33. The minimum absolute atomic E-state index is 0.109. The number of nitrogens with zero attached hydrogens (tertiary/aromatic N) is 3. The molecule has 1 saturated carbocycles. The first-order valence-electron chi connectivity index (χ1n) is 9.14. The van der Waals surface area contributed by atoms with E-state index < -0.39 is 0 Å². The second-order valence-corrected chi connectivity index (χ2v) is 7.18. The maximum atomic E-state index is 12.9. The Morgan fingerprint density at radius 2 is 1.96 bits per heavy atom. The van der Waals surface area contributed by atoms with E-state index in [1.165, 1.54) is 24.4 Å². The minimum atomic E-state index is 0.109. The lowest BCUT2D eigenvalue weighted by Crippen LogP contribution is -2.41. The number of likely N-dealkylation sites (tertiary alicyclic amines) is 1. The number of aromatic nitrogens is 2. The maximum Gasteiger partial charge on any atom is 0.253 e. The summed E-state index contributed by atoms with van der Waals surface area (Å²) in [5.41, 5.74) is 1.94. The molecule has 1 aliphatic heterocycles. The van der Waals surface area contributed by atoms with Crippen LogP contribution in [0.25, 0.3) is 0 Å². The minimum Gasteiger partial charge on any atom is -0.497 e. The Morgan fingerprint density at radius 1 is 1.20 bits per heavy atom. The standard InChI is InChI=1S/C20H25N3O2/c1-14-12-21-19(15-5-6-15)23(14)17-4-3-11-22(13-17)20(24)16-7-9-18(25-2)10-8-16/h7-10,12,15,17H,3-6,11,13H2,1-2H3. The number of hydrogen-bond donors (Lipinski definition) is 0. The van der Waals surface area contributed by atoms with Crippen LogP contribution in [0.2, 0.25) is 0 Å². The van der Waals surface area contributed by atoms with Crippen LogP contribution < -0.4 is 4.74 Å². The van der Waals surface area contributed by atoms with Gasteiger partial charge in [0.1, 0.15) is 11.6 Å². The first kappa shape index (κ1) is 16.2. The van der Waals surface area contributed by atoms with Gasteiger partial charge in [0.05, 0.1) is 13.2 Å². The zero-order valence-corrected chi connectivity index (χ0v) is 14.9. The fraction of sp³-hybridized carbons (Fsp3) is 0.500. The summed E-state index contributed by atoms with van der Waals surface area (Å²) in [5, 5.41) is 0. The highest BCUT2D eigenvalue weighted by atomic mass is 16.5. The van der Waals surface area contributed by atoms with Crippen LogP contribution in [0, 0.1) is 6.92 Å². The van der Waals surface area contributed by atoms with Gasteiger partial charge in [0.2, 0.25) is 0 Å². The van der Waals surface area contributed by atoms with Crippen LogP contribution in [0.5, 0.6) is 5.75 Å². The zero-order chi connectivity index (χ0) is 17.4. The first-order valence-corrected chi connectivity index (χ1v) is 9.14. The fourth-order valence-corrected chi connectivity index (χ4v) is 3.85. The molecule has 2 heterocycles. The molecule has 0 radical (unpaired) electrons. The van der Waals surface area contributed by atoms with Crippen LogP contribution in [0.3, 0.4) is 0 Å². The predicted octanol–water partition coefficient (Wildman–Crippen LogP) is 3.55. The van der Waals surface area contributed by atoms with Crippen molar-refractivity contribution in [1.29, 1.82) is 0 Å². The largest absolute Gasteiger partial charge is 0.497 e. The number of benzene rings is 1. The molecule has 2 aliphatic rings. The highest BCUT2D eigenvalue weighted by Crippen LogP contribution is 2.41. The van der Waals surface area contributed by atoms with Crippen LogP contribution >= 0.6 is 0 Å². The Morgan fingerprint density at radius 3 is 2.64 bits per heavy atom. The molecule has 1 atom stereocenters. The van der Waals surface area contributed by atoms with Gasteiger partial charge in [0, 0.05) is 36.5 Å². The summed E-state index contributed by atoms with van der Waals surface area (Å²) in [6.07, 6.45) is 6.63. The van der Waals surface area contributed by atoms with E-state index in [0.29, 0.717) is 12.0 Å². The Labute approximate surface area is 148 Å². The van der Waals surface area contributed by atoms with Gasteiger partial charge in [-0.1, -0.05) is 0 Å². The molecule has 5 nitrogen and oxygen atoms in total. The number of methoxy groups -OCH3 is 1. The van der Waals surface area contributed by atoms with Gasteiger partial charge in [0.25, 0.3) is 5.91 Å². The van der Waals surface area contributed by atoms with E-state index in [1.54, 1.807) is 7.11 Å². The molecule has 1 unspecified atom stereocenters. The average Bonchev–Trinajstić information content (AvgIpc) is 3.43. The van der Waals surface area contributed by atoms with Crippen LogP contribution in [-0.2, 0) is 0 Å². The SMILES string of the molecule is COc1ccc(C(=O)N2CCCC(n3c(C)cnc3C3CC3)C2)cc1.